The van der Waals surface area contributed by atoms with E-state index in [1.54, 1.807) is 0 Å². The molecule has 1 amide bonds. The van der Waals surface area contributed by atoms with Crippen molar-refractivity contribution in [1.82, 2.24) is 15.1 Å². The molecule has 6 nitrogen and oxygen atoms in total. The predicted octanol–water partition coefficient (Wildman–Crippen LogP) is 4.09. The Bertz CT molecular complexity index is 756. The third kappa shape index (κ3) is 5.73. The molecule has 1 saturated carbocycles. The van der Waals surface area contributed by atoms with Crippen molar-refractivity contribution in [3.63, 3.8) is 0 Å². The van der Waals surface area contributed by atoms with Gasteiger partial charge in [0.1, 0.15) is 5.75 Å². The number of carbonyl (C=O) groups excluding carboxylic acids is 1. The summed E-state index contributed by atoms with van der Waals surface area (Å²) in [6.45, 7) is 4.51. The molecule has 0 spiro atoms. The van der Waals surface area contributed by atoms with Gasteiger partial charge in [0.25, 0.3) is 11.1 Å². The van der Waals surface area contributed by atoms with Crippen LogP contribution in [-0.2, 0) is 11.4 Å². The molecular weight excluding hydrogens is 362 g/mol. The van der Waals surface area contributed by atoms with E-state index in [9.17, 15) is 4.79 Å². The van der Waals surface area contributed by atoms with E-state index in [4.69, 9.17) is 9.15 Å². The summed E-state index contributed by atoms with van der Waals surface area (Å²) in [5.74, 6) is 2.36. The van der Waals surface area contributed by atoms with Crippen LogP contribution >= 0.6 is 11.8 Å². The van der Waals surface area contributed by atoms with Gasteiger partial charge in [-0.1, -0.05) is 30.8 Å². The average molecular weight is 390 g/mol. The Kier molecular flexibility index (Phi) is 6.77. The van der Waals surface area contributed by atoms with Crippen molar-refractivity contribution in [3.05, 3.63) is 35.7 Å². The molecule has 1 aromatic carbocycles. The third-order valence-corrected chi connectivity index (χ3v) is 5.85. The topological polar surface area (TPSA) is 68.5 Å². The highest BCUT2D eigenvalue weighted by Gasteiger charge is 2.25. The van der Waals surface area contributed by atoms with E-state index in [0.717, 1.165) is 30.1 Å². The lowest BCUT2D eigenvalue weighted by Crippen LogP contribution is -2.40. The van der Waals surface area contributed by atoms with Crippen LogP contribution in [0.15, 0.2) is 33.9 Å². The van der Waals surface area contributed by atoms with Crippen LogP contribution in [0.5, 0.6) is 5.75 Å². The normalized spacial score (nSPS) is 19.7. The smallest absolute Gasteiger partial charge is 0.277 e. The van der Waals surface area contributed by atoms with Crippen LogP contribution in [0.2, 0.25) is 0 Å². The standard InChI is InChI=1S/C20H27N3O3S/c1-14-7-9-16(10-8-14)23(3)19(24)13-27-20-22-21-18(26-20)12-25-17-6-4-5-15(2)11-17/h4-6,11,14,16H,7-10,12-13H2,1-3H3. The fraction of sp³-hybridized carbons (Fsp3) is 0.550. The van der Waals surface area contributed by atoms with E-state index in [0.29, 0.717) is 22.9 Å². The van der Waals surface area contributed by atoms with Gasteiger partial charge < -0.3 is 14.1 Å². The Morgan fingerprint density at radius 2 is 2.07 bits per heavy atom. The Balaban J connectivity index is 1.44. The summed E-state index contributed by atoms with van der Waals surface area (Å²) in [6.07, 6.45) is 4.58. The van der Waals surface area contributed by atoms with Gasteiger partial charge in [0.15, 0.2) is 6.61 Å². The van der Waals surface area contributed by atoms with E-state index in [1.807, 2.05) is 43.1 Å². The van der Waals surface area contributed by atoms with Gasteiger partial charge in [-0.2, -0.15) is 0 Å². The minimum Gasteiger partial charge on any atom is -0.484 e. The largest absolute Gasteiger partial charge is 0.484 e. The second kappa shape index (κ2) is 9.26. The van der Waals surface area contributed by atoms with Crippen molar-refractivity contribution >= 4 is 17.7 Å². The second-order valence-corrected chi connectivity index (χ2v) is 8.20. The lowest BCUT2D eigenvalue weighted by Gasteiger charge is -2.33. The first-order chi connectivity index (χ1) is 13.0. The molecule has 0 radical (unpaired) electrons. The Labute approximate surface area is 164 Å². The van der Waals surface area contributed by atoms with E-state index in [-0.39, 0.29) is 12.5 Å². The zero-order valence-electron chi connectivity index (χ0n) is 16.2. The maximum absolute atomic E-state index is 12.4. The number of thioether (sulfide) groups is 1. The van der Waals surface area contributed by atoms with E-state index in [1.165, 1.54) is 24.6 Å². The quantitative estimate of drug-likeness (QED) is 0.665. The van der Waals surface area contributed by atoms with Crippen LogP contribution < -0.4 is 4.74 Å². The van der Waals surface area contributed by atoms with E-state index in [2.05, 4.69) is 17.1 Å². The molecule has 0 unspecified atom stereocenters. The molecule has 2 aromatic rings. The maximum Gasteiger partial charge on any atom is 0.277 e. The van der Waals surface area contributed by atoms with Crippen LogP contribution in [0.1, 0.15) is 44.1 Å². The molecule has 27 heavy (non-hydrogen) atoms. The van der Waals surface area contributed by atoms with Gasteiger partial charge in [0.05, 0.1) is 5.75 Å². The first-order valence-corrected chi connectivity index (χ1v) is 10.4. The molecule has 0 N–H and O–H groups in total. The molecule has 1 aliphatic carbocycles. The van der Waals surface area contributed by atoms with Gasteiger partial charge in [0.2, 0.25) is 5.91 Å². The van der Waals surface area contributed by atoms with Gasteiger partial charge in [0, 0.05) is 13.1 Å². The fourth-order valence-corrected chi connectivity index (χ4v) is 3.97. The van der Waals surface area contributed by atoms with Crippen molar-refractivity contribution in [2.75, 3.05) is 12.8 Å². The SMILES string of the molecule is Cc1cccc(OCc2nnc(SCC(=O)N(C)C3CCC(C)CC3)o2)c1. The van der Waals surface area contributed by atoms with Crippen molar-refractivity contribution < 1.29 is 13.9 Å². The van der Waals surface area contributed by atoms with Gasteiger partial charge in [-0.05, 0) is 56.2 Å². The van der Waals surface area contributed by atoms with Crippen molar-refractivity contribution in [2.24, 2.45) is 5.92 Å². The Morgan fingerprint density at radius 3 is 2.81 bits per heavy atom. The first-order valence-electron chi connectivity index (χ1n) is 9.41. The molecule has 0 bridgehead atoms. The van der Waals surface area contributed by atoms with Crippen molar-refractivity contribution in [2.45, 2.75) is 57.4 Å². The predicted molar refractivity (Wildman–Crippen MR) is 105 cm³/mol. The molecule has 1 aromatic heterocycles. The number of nitrogens with zero attached hydrogens (tertiary/aromatic N) is 3. The second-order valence-electron chi connectivity index (χ2n) is 7.27. The number of hydrogen-bond acceptors (Lipinski definition) is 6. The summed E-state index contributed by atoms with van der Waals surface area (Å²) >= 11 is 1.28. The molecule has 1 aliphatic rings. The van der Waals surface area contributed by atoms with Crippen LogP contribution in [0.25, 0.3) is 0 Å². The Morgan fingerprint density at radius 1 is 1.30 bits per heavy atom. The number of amides is 1. The molecular formula is C20H27N3O3S. The third-order valence-electron chi connectivity index (χ3n) is 5.05. The van der Waals surface area contributed by atoms with E-state index >= 15 is 0 Å². The van der Waals surface area contributed by atoms with Gasteiger partial charge in [-0.15, -0.1) is 10.2 Å². The summed E-state index contributed by atoms with van der Waals surface area (Å²) < 4.78 is 11.2. The number of aryl methyl sites for hydroxylation is 1. The molecule has 0 aliphatic heterocycles. The van der Waals surface area contributed by atoms with Crippen LogP contribution in [0.3, 0.4) is 0 Å². The lowest BCUT2D eigenvalue weighted by molar-refractivity contribution is -0.129. The van der Waals surface area contributed by atoms with Crippen LogP contribution in [-0.4, -0.2) is 39.8 Å². The van der Waals surface area contributed by atoms with Crippen LogP contribution in [0, 0.1) is 12.8 Å². The number of hydrogen-bond donors (Lipinski definition) is 0. The van der Waals surface area contributed by atoms with Gasteiger partial charge >= 0.3 is 0 Å². The van der Waals surface area contributed by atoms with Crippen molar-refractivity contribution in [3.8, 4) is 5.75 Å². The number of carbonyl (C=O) groups is 1. The Hall–Kier alpha value is -2.02. The van der Waals surface area contributed by atoms with Crippen LogP contribution in [0.4, 0.5) is 0 Å². The minimum atomic E-state index is 0.107. The highest BCUT2D eigenvalue weighted by atomic mass is 32.2. The molecule has 1 heterocycles. The number of rotatable bonds is 7. The summed E-state index contributed by atoms with van der Waals surface area (Å²) in [6, 6.07) is 8.15. The number of benzene rings is 1. The number of ether oxygens (including phenoxy) is 1. The average Bonchev–Trinajstić information content (AvgIpc) is 3.12. The highest BCUT2D eigenvalue weighted by Crippen LogP contribution is 2.27. The first kappa shape index (κ1) is 19.7. The maximum atomic E-state index is 12.4. The summed E-state index contributed by atoms with van der Waals surface area (Å²) in [7, 11) is 1.90. The fourth-order valence-electron chi connectivity index (χ4n) is 3.26. The molecule has 146 valence electrons. The molecule has 1 fully saturated rings. The molecule has 0 atom stereocenters. The van der Waals surface area contributed by atoms with Crippen molar-refractivity contribution in [1.29, 1.82) is 0 Å². The minimum absolute atomic E-state index is 0.107. The zero-order valence-corrected chi connectivity index (χ0v) is 17.0. The summed E-state index contributed by atoms with van der Waals surface area (Å²) in [5.41, 5.74) is 1.13. The monoisotopic (exact) mass is 389 g/mol. The lowest BCUT2D eigenvalue weighted by atomic mass is 9.87. The molecule has 3 rings (SSSR count). The zero-order chi connectivity index (χ0) is 19.2. The number of aromatic nitrogens is 2. The highest BCUT2D eigenvalue weighted by molar-refractivity contribution is 7.99. The van der Waals surface area contributed by atoms with Gasteiger partial charge in [-0.3, -0.25) is 4.79 Å². The molecule has 7 heteroatoms. The van der Waals surface area contributed by atoms with Gasteiger partial charge in [-0.25, -0.2) is 0 Å². The summed E-state index contributed by atoms with van der Waals surface area (Å²) in [4.78, 5) is 14.3. The summed E-state index contributed by atoms with van der Waals surface area (Å²) in [5, 5.41) is 8.38. The van der Waals surface area contributed by atoms with E-state index < -0.39 is 0 Å². The molecule has 0 saturated heterocycles.